The Morgan fingerprint density at radius 1 is 1.06 bits per heavy atom. The van der Waals surface area contributed by atoms with Crippen LogP contribution in [0.3, 0.4) is 0 Å². The topological polar surface area (TPSA) is 135 Å². The van der Waals surface area contributed by atoms with E-state index in [1.54, 1.807) is 6.07 Å². The lowest BCUT2D eigenvalue weighted by atomic mass is 10.2. The minimum atomic E-state index is -3.63. The SMILES string of the molecule is O=C(COC(=O)C1CCCN1C(=O)c1ccco1)Nc1ccc(S(=O)(=O)N2CCOCC2)cc1. The average Bonchev–Trinajstić information content (AvgIpc) is 3.56. The van der Waals surface area contributed by atoms with Crippen molar-refractivity contribution in [1.82, 2.24) is 9.21 Å². The van der Waals surface area contributed by atoms with Crippen molar-refractivity contribution < 1.29 is 36.7 Å². The van der Waals surface area contributed by atoms with Crippen molar-refractivity contribution in [3.63, 3.8) is 0 Å². The van der Waals surface area contributed by atoms with Gasteiger partial charge in [0.15, 0.2) is 12.4 Å². The summed E-state index contributed by atoms with van der Waals surface area (Å²) in [6.45, 7) is 1.13. The molecular weight excluding hydrogens is 466 g/mol. The van der Waals surface area contributed by atoms with Gasteiger partial charge in [-0.25, -0.2) is 13.2 Å². The number of hydrogen-bond donors (Lipinski definition) is 1. The van der Waals surface area contributed by atoms with Crippen molar-refractivity contribution in [1.29, 1.82) is 0 Å². The molecule has 0 spiro atoms. The first-order valence-electron chi connectivity index (χ1n) is 10.9. The van der Waals surface area contributed by atoms with E-state index in [-0.39, 0.29) is 23.7 Å². The molecule has 2 amide bonds. The first-order valence-corrected chi connectivity index (χ1v) is 12.3. The Labute approximate surface area is 196 Å². The third-order valence-electron chi connectivity index (χ3n) is 5.61. The summed E-state index contributed by atoms with van der Waals surface area (Å²) in [7, 11) is -3.63. The number of carbonyl (C=O) groups is 3. The van der Waals surface area contributed by atoms with Crippen LogP contribution in [0.25, 0.3) is 0 Å². The Bertz CT molecular complexity index is 1130. The summed E-state index contributed by atoms with van der Waals surface area (Å²) in [5.74, 6) is -1.52. The number of likely N-dealkylation sites (tertiary alicyclic amines) is 1. The molecule has 1 N–H and O–H groups in total. The van der Waals surface area contributed by atoms with Gasteiger partial charge in [-0.05, 0) is 49.2 Å². The number of ether oxygens (including phenoxy) is 2. The summed E-state index contributed by atoms with van der Waals surface area (Å²) < 4.78 is 42.1. The molecule has 0 aliphatic carbocycles. The normalized spacial score (nSPS) is 19.1. The third-order valence-corrected chi connectivity index (χ3v) is 7.52. The van der Waals surface area contributed by atoms with Crippen molar-refractivity contribution in [2.24, 2.45) is 0 Å². The Morgan fingerprint density at radius 2 is 1.79 bits per heavy atom. The molecule has 1 aromatic heterocycles. The molecule has 1 aromatic carbocycles. The maximum Gasteiger partial charge on any atom is 0.329 e. The van der Waals surface area contributed by atoms with Crippen LogP contribution in [0.1, 0.15) is 23.4 Å². The summed E-state index contributed by atoms with van der Waals surface area (Å²) in [4.78, 5) is 38.7. The van der Waals surface area contributed by atoms with E-state index in [0.717, 1.165) is 0 Å². The Balaban J connectivity index is 1.29. The standard InChI is InChI=1S/C22H25N3O8S/c26-20(15-33-22(28)18-3-1-9-25(18)21(27)19-4-2-12-32-19)23-16-5-7-17(8-6-16)34(29,30)24-10-13-31-14-11-24/h2,4-8,12,18H,1,3,9-11,13-15H2,(H,23,26). The van der Waals surface area contributed by atoms with Gasteiger partial charge in [0.2, 0.25) is 10.0 Å². The fourth-order valence-corrected chi connectivity index (χ4v) is 5.28. The molecule has 1 atom stereocenters. The molecule has 0 saturated carbocycles. The van der Waals surface area contributed by atoms with Crippen molar-refractivity contribution in [3.05, 3.63) is 48.4 Å². The number of sulfonamides is 1. The highest BCUT2D eigenvalue weighted by Gasteiger charge is 2.36. The molecule has 0 radical (unpaired) electrons. The smallest absolute Gasteiger partial charge is 0.329 e. The monoisotopic (exact) mass is 491 g/mol. The second kappa shape index (κ2) is 10.4. The summed E-state index contributed by atoms with van der Waals surface area (Å²) in [5.41, 5.74) is 0.359. The van der Waals surface area contributed by atoms with Crippen LogP contribution in [-0.4, -0.2) is 80.9 Å². The maximum atomic E-state index is 12.7. The Kier molecular flexibility index (Phi) is 7.29. The number of esters is 1. The number of benzene rings is 1. The third kappa shape index (κ3) is 5.29. The molecule has 2 aliphatic heterocycles. The molecular formula is C22H25N3O8S. The molecule has 182 valence electrons. The maximum absolute atomic E-state index is 12.7. The molecule has 2 aromatic rings. The van der Waals surface area contributed by atoms with Crippen LogP contribution in [0.5, 0.6) is 0 Å². The quantitative estimate of drug-likeness (QED) is 0.569. The second-order valence-corrected chi connectivity index (χ2v) is 9.77. The second-order valence-electron chi connectivity index (χ2n) is 7.83. The first kappa shape index (κ1) is 23.9. The number of nitrogens with zero attached hydrogens (tertiary/aromatic N) is 2. The van der Waals surface area contributed by atoms with Crippen LogP contribution in [0.4, 0.5) is 5.69 Å². The molecule has 1 unspecified atom stereocenters. The predicted octanol–water partition coefficient (Wildman–Crippen LogP) is 1.09. The molecule has 0 bridgehead atoms. The lowest BCUT2D eigenvalue weighted by Gasteiger charge is -2.26. The molecule has 2 fully saturated rings. The van der Waals surface area contributed by atoms with Crippen LogP contribution in [0.2, 0.25) is 0 Å². The number of rotatable bonds is 7. The zero-order valence-corrected chi connectivity index (χ0v) is 19.2. The number of hydrogen-bond acceptors (Lipinski definition) is 8. The average molecular weight is 492 g/mol. The van der Waals surface area contributed by atoms with Gasteiger partial charge < -0.3 is 24.1 Å². The zero-order valence-electron chi connectivity index (χ0n) is 18.3. The van der Waals surface area contributed by atoms with Crippen LogP contribution in [0, 0.1) is 0 Å². The van der Waals surface area contributed by atoms with Crippen molar-refractivity contribution in [2.75, 3.05) is 44.8 Å². The van der Waals surface area contributed by atoms with Crippen LogP contribution in [0.15, 0.2) is 52.0 Å². The fraction of sp³-hybridized carbons (Fsp3) is 0.409. The van der Waals surface area contributed by atoms with E-state index in [2.05, 4.69) is 5.32 Å². The largest absolute Gasteiger partial charge is 0.459 e. The summed E-state index contributed by atoms with van der Waals surface area (Å²) >= 11 is 0. The zero-order chi connectivity index (χ0) is 24.1. The van der Waals surface area contributed by atoms with Gasteiger partial charge in [-0.1, -0.05) is 0 Å². The fourth-order valence-electron chi connectivity index (χ4n) is 3.87. The number of anilines is 1. The predicted molar refractivity (Wildman–Crippen MR) is 118 cm³/mol. The van der Waals surface area contributed by atoms with Gasteiger partial charge in [0.25, 0.3) is 11.8 Å². The minimum absolute atomic E-state index is 0.112. The molecule has 2 aliphatic rings. The van der Waals surface area contributed by atoms with Gasteiger partial charge in [0.1, 0.15) is 6.04 Å². The molecule has 12 heteroatoms. The summed E-state index contributed by atoms with van der Waals surface area (Å²) in [6.07, 6.45) is 2.45. The highest BCUT2D eigenvalue weighted by molar-refractivity contribution is 7.89. The molecule has 2 saturated heterocycles. The highest BCUT2D eigenvalue weighted by atomic mass is 32.2. The van der Waals surface area contributed by atoms with E-state index >= 15 is 0 Å². The Hall–Kier alpha value is -3.22. The van der Waals surface area contributed by atoms with Crippen LogP contribution < -0.4 is 5.32 Å². The van der Waals surface area contributed by atoms with Gasteiger partial charge in [-0.2, -0.15) is 4.31 Å². The first-order chi connectivity index (χ1) is 16.4. The number of morpholine rings is 1. The molecule has 11 nitrogen and oxygen atoms in total. The van der Waals surface area contributed by atoms with E-state index < -0.39 is 40.5 Å². The van der Waals surface area contributed by atoms with Crippen molar-refractivity contribution in [2.45, 2.75) is 23.8 Å². The summed E-state index contributed by atoms with van der Waals surface area (Å²) in [6, 6.07) is 8.07. The van der Waals surface area contributed by atoms with E-state index in [4.69, 9.17) is 13.9 Å². The van der Waals surface area contributed by atoms with Gasteiger partial charge in [-0.3, -0.25) is 9.59 Å². The van der Waals surface area contributed by atoms with Crippen molar-refractivity contribution in [3.8, 4) is 0 Å². The van der Waals surface area contributed by atoms with Gasteiger partial charge in [0, 0.05) is 25.3 Å². The Morgan fingerprint density at radius 3 is 2.47 bits per heavy atom. The van der Waals surface area contributed by atoms with Gasteiger partial charge in [0.05, 0.1) is 24.4 Å². The van der Waals surface area contributed by atoms with E-state index in [1.165, 1.54) is 45.8 Å². The van der Waals surface area contributed by atoms with Gasteiger partial charge in [-0.15, -0.1) is 0 Å². The van der Waals surface area contributed by atoms with Crippen LogP contribution in [-0.2, 0) is 29.1 Å². The van der Waals surface area contributed by atoms with E-state index in [9.17, 15) is 22.8 Å². The number of carbonyl (C=O) groups excluding carboxylic acids is 3. The minimum Gasteiger partial charge on any atom is -0.459 e. The van der Waals surface area contributed by atoms with E-state index in [0.29, 0.717) is 38.3 Å². The van der Waals surface area contributed by atoms with Gasteiger partial charge >= 0.3 is 5.97 Å². The lowest BCUT2D eigenvalue weighted by Crippen LogP contribution is -2.42. The van der Waals surface area contributed by atoms with E-state index in [1.807, 2.05) is 0 Å². The van der Waals surface area contributed by atoms with Crippen LogP contribution >= 0.6 is 0 Å². The molecule has 3 heterocycles. The molecule has 4 rings (SSSR count). The van der Waals surface area contributed by atoms with Crippen molar-refractivity contribution >= 4 is 33.5 Å². The lowest BCUT2D eigenvalue weighted by molar-refractivity contribution is -0.151. The summed E-state index contributed by atoms with van der Waals surface area (Å²) in [5, 5.41) is 2.56. The number of nitrogens with one attached hydrogen (secondary N) is 1. The molecule has 34 heavy (non-hydrogen) atoms. The number of amides is 2. The number of furan rings is 1. The highest BCUT2D eigenvalue weighted by Crippen LogP contribution is 2.22.